The number of benzene rings is 1. The lowest BCUT2D eigenvalue weighted by Gasteiger charge is -2.35. The van der Waals surface area contributed by atoms with Crippen LogP contribution in [0.1, 0.15) is 30.9 Å². The fourth-order valence-corrected chi connectivity index (χ4v) is 3.69. The second-order valence-corrected chi connectivity index (χ2v) is 5.82. The van der Waals surface area contributed by atoms with Crippen LogP contribution in [0.4, 0.5) is 0 Å². The highest BCUT2D eigenvalue weighted by atomic mass is 16.5. The molecule has 21 heavy (non-hydrogen) atoms. The van der Waals surface area contributed by atoms with Gasteiger partial charge in [-0.3, -0.25) is 0 Å². The van der Waals surface area contributed by atoms with Crippen LogP contribution in [0.25, 0.3) is 0 Å². The summed E-state index contributed by atoms with van der Waals surface area (Å²) in [5.41, 5.74) is 2.29. The molecule has 1 aromatic rings. The summed E-state index contributed by atoms with van der Waals surface area (Å²) in [6, 6.07) is 4.07. The van der Waals surface area contributed by atoms with Crippen LogP contribution in [0.15, 0.2) is 24.3 Å². The van der Waals surface area contributed by atoms with Gasteiger partial charge in [0.15, 0.2) is 11.5 Å². The fourth-order valence-electron chi connectivity index (χ4n) is 3.69. The zero-order chi connectivity index (χ0) is 15.0. The topological polar surface area (TPSA) is 50.7 Å². The summed E-state index contributed by atoms with van der Waals surface area (Å²) in [5, 5.41) is 13.2. The molecule has 0 spiro atoms. The molecule has 1 aromatic carbocycles. The van der Waals surface area contributed by atoms with E-state index in [-0.39, 0.29) is 11.5 Å². The lowest BCUT2D eigenvalue weighted by Crippen LogP contribution is -2.41. The van der Waals surface area contributed by atoms with Crippen LogP contribution in [0.3, 0.4) is 0 Å². The quantitative estimate of drug-likeness (QED) is 0.834. The van der Waals surface area contributed by atoms with Crippen LogP contribution in [0, 0.1) is 0 Å². The maximum absolute atomic E-state index is 9.93. The fraction of sp³-hybridized carbons (Fsp3) is 0.529. The lowest BCUT2D eigenvalue weighted by molar-refractivity contribution is 0.0862. The number of methoxy groups -OCH3 is 1. The normalized spacial score (nSPS) is 29.7. The highest BCUT2D eigenvalue weighted by Crippen LogP contribution is 2.54. The number of rotatable bonds is 4. The summed E-state index contributed by atoms with van der Waals surface area (Å²) in [6.45, 7) is 2.97. The maximum Gasteiger partial charge on any atom is 0.166 e. The number of nitrogens with one attached hydrogen (secondary N) is 1. The summed E-state index contributed by atoms with van der Waals surface area (Å²) < 4.78 is 11.7. The molecule has 4 nitrogen and oxygen atoms in total. The Morgan fingerprint density at radius 1 is 1.48 bits per heavy atom. The molecule has 3 rings (SSSR count). The SMILES string of the molecule is CC[C@@]12C=C[C@H](O)C[C@@H]1Oc1c(OC)ccc(CNC)c12. The molecular weight excluding hydrogens is 266 g/mol. The second kappa shape index (κ2) is 5.35. The number of aliphatic hydroxyl groups is 1. The Kier molecular flexibility index (Phi) is 3.68. The molecule has 2 aliphatic rings. The third kappa shape index (κ3) is 2.05. The van der Waals surface area contributed by atoms with Crippen molar-refractivity contribution in [2.75, 3.05) is 14.2 Å². The first-order valence-corrected chi connectivity index (χ1v) is 7.55. The van der Waals surface area contributed by atoms with E-state index in [2.05, 4.69) is 24.4 Å². The van der Waals surface area contributed by atoms with Gasteiger partial charge in [0, 0.05) is 18.5 Å². The van der Waals surface area contributed by atoms with Crippen molar-refractivity contribution < 1.29 is 14.6 Å². The van der Waals surface area contributed by atoms with Crippen molar-refractivity contribution in [2.45, 2.75) is 43.9 Å². The molecule has 114 valence electrons. The predicted molar refractivity (Wildman–Crippen MR) is 81.9 cm³/mol. The molecule has 0 aromatic heterocycles. The zero-order valence-electron chi connectivity index (χ0n) is 12.8. The summed E-state index contributed by atoms with van der Waals surface area (Å²) in [5.74, 6) is 1.62. The van der Waals surface area contributed by atoms with Crippen molar-refractivity contribution in [3.05, 3.63) is 35.4 Å². The third-order valence-corrected chi connectivity index (χ3v) is 4.75. The molecule has 1 aliphatic heterocycles. The van der Waals surface area contributed by atoms with Gasteiger partial charge in [0.2, 0.25) is 0 Å². The molecule has 1 heterocycles. The molecule has 0 amide bonds. The smallest absolute Gasteiger partial charge is 0.166 e. The minimum atomic E-state index is -0.428. The van der Waals surface area contributed by atoms with E-state index in [4.69, 9.17) is 9.47 Å². The Balaban J connectivity index is 2.20. The lowest BCUT2D eigenvalue weighted by atomic mass is 9.69. The van der Waals surface area contributed by atoms with E-state index in [1.807, 2.05) is 19.2 Å². The van der Waals surface area contributed by atoms with E-state index in [1.165, 1.54) is 11.1 Å². The minimum Gasteiger partial charge on any atom is -0.493 e. The number of fused-ring (bicyclic) bond motifs is 3. The molecule has 4 heteroatoms. The van der Waals surface area contributed by atoms with Crippen molar-refractivity contribution in [1.82, 2.24) is 5.32 Å². The van der Waals surface area contributed by atoms with E-state index in [0.29, 0.717) is 6.42 Å². The van der Waals surface area contributed by atoms with Gasteiger partial charge in [-0.1, -0.05) is 25.1 Å². The van der Waals surface area contributed by atoms with Crippen LogP contribution >= 0.6 is 0 Å². The maximum atomic E-state index is 9.93. The van der Waals surface area contributed by atoms with E-state index in [9.17, 15) is 5.11 Å². The predicted octanol–water partition coefficient (Wildman–Crippen LogP) is 2.14. The van der Waals surface area contributed by atoms with Gasteiger partial charge >= 0.3 is 0 Å². The van der Waals surface area contributed by atoms with Gasteiger partial charge in [0.25, 0.3) is 0 Å². The van der Waals surface area contributed by atoms with E-state index < -0.39 is 6.10 Å². The van der Waals surface area contributed by atoms with Crippen molar-refractivity contribution in [1.29, 1.82) is 0 Å². The number of aliphatic hydroxyl groups excluding tert-OH is 1. The van der Waals surface area contributed by atoms with Crippen molar-refractivity contribution >= 4 is 0 Å². The van der Waals surface area contributed by atoms with Crippen molar-refractivity contribution in [3.8, 4) is 11.5 Å². The number of ether oxygens (including phenoxy) is 2. The Morgan fingerprint density at radius 3 is 2.95 bits per heavy atom. The molecule has 0 unspecified atom stereocenters. The van der Waals surface area contributed by atoms with Gasteiger partial charge in [-0.2, -0.15) is 0 Å². The van der Waals surface area contributed by atoms with Gasteiger partial charge in [-0.25, -0.2) is 0 Å². The van der Waals surface area contributed by atoms with Gasteiger partial charge in [-0.15, -0.1) is 0 Å². The van der Waals surface area contributed by atoms with E-state index >= 15 is 0 Å². The highest BCUT2D eigenvalue weighted by Gasteiger charge is 2.50. The number of hydrogen-bond donors (Lipinski definition) is 2. The molecule has 0 saturated carbocycles. The van der Waals surface area contributed by atoms with Crippen molar-refractivity contribution in [3.63, 3.8) is 0 Å². The van der Waals surface area contributed by atoms with Gasteiger partial charge in [0.1, 0.15) is 6.10 Å². The molecular formula is C17H23NO3. The first-order chi connectivity index (χ1) is 10.2. The molecule has 1 aliphatic carbocycles. The molecule has 2 N–H and O–H groups in total. The Labute approximate surface area is 125 Å². The van der Waals surface area contributed by atoms with Crippen LogP contribution < -0.4 is 14.8 Å². The Bertz CT molecular complexity index is 569. The van der Waals surface area contributed by atoms with Crippen LogP contribution in [0.5, 0.6) is 11.5 Å². The average molecular weight is 289 g/mol. The van der Waals surface area contributed by atoms with Crippen LogP contribution in [0.2, 0.25) is 0 Å². The summed E-state index contributed by atoms with van der Waals surface area (Å²) >= 11 is 0. The Morgan fingerprint density at radius 2 is 2.29 bits per heavy atom. The molecule has 3 atom stereocenters. The standard InChI is InChI=1S/C17H23NO3/c1-4-17-8-7-12(19)9-14(17)21-16-13(20-3)6-5-11(10-18-2)15(16)17/h5-8,12,14,18-19H,4,9-10H2,1-3H3/t12-,14-,17+/m0/s1. The van der Waals surface area contributed by atoms with Crippen molar-refractivity contribution in [2.24, 2.45) is 0 Å². The Hall–Kier alpha value is -1.52. The van der Waals surface area contributed by atoms with Crippen LogP contribution in [-0.4, -0.2) is 31.5 Å². The second-order valence-electron chi connectivity index (χ2n) is 5.82. The average Bonchev–Trinajstić information content (AvgIpc) is 2.83. The van der Waals surface area contributed by atoms with E-state index in [0.717, 1.165) is 24.5 Å². The summed E-state index contributed by atoms with van der Waals surface area (Å²) in [6.07, 6.45) is 5.16. The summed E-state index contributed by atoms with van der Waals surface area (Å²) in [4.78, 5) is 0. The molecule has 0 fully saturated rings. The van der Waals surface area contributed by atoms with E-state index in [1.54, 1.807) is 7.11 Å². The first kappa shape index (κ1) is 14.4. The van der Waals surface area contributed by atoms with Gasteiger partial charge < -0.3 is 19.9 Å². The molecule has 0 bridgehead atoms. The largest absolute Gasteiger partial charge is 0.493 e. The number of hydrogen-bond acceptors (Lipinski definition) is 4. The van der Waals surface area contributed by atoms with Crippen LogP contribution in [-0.2, 0) is 12.0 Å². The monoisotopic (exact) mass is 289 g/mol. The first-order valence-electron chi connectivity index (χ1n) is 7.55. The van der Waals surface area contributed by atoms with Gasteiger partial charge in [-0.05, 0) is 25.1 Å². The zero-order valence-corrected chi connectivity index (χ0v) is 12.8. The summed E-state index contributed by atoms with van der Waals surface area (Å²) in [7, 11) is 3.62. The van der Waals surface area contributed by atoms with Gasteiger partial charge in [0.05, 0.1) is 18.6 Å². The third-order valence-electron chi connectivity index (χ3n) is 4.75. The minimum absolute atomic E-state index is 0.0237. The molecule has 0 radical (unpaired) electrons. The highest BCUT2D eigenvalue weighted by molar-refractivity contribution is 5.60. The molecule has 0 saturated heterocycles.